The van der Waals surface area contributed by atoms with E-state index in [1.165, 1.54) is 18.2 Å². The van der Waals surface area contributed by atoms with Crippen molar-refractivity contribution in [2.75, 3.05) is 16.7 Å². The molecule has 0 aliphatic rings. The molecule has 0 atom stereocenters. The van der Waals surface area contributed by atoms with Crippen LogP contribution in [0.4, 0.5) is 15.9 Å². The Balaban J connectivity index is 1.41. The molecule has 0 fully saturated rings. The van der Waals surface area contributed by atoms with Crippen LogP contribution in [-0.2, 0) is 16.6 Å². The number of benzene rings is 3. The third kappa shape index (κ3) is 5.96. The average Bonchev–Trinajstić information content (AvgIpc) is 3.38. The Bertz CT molecular complexity index is 2130. The molecule has 6 aromatic rings. The Labute approximate surface area is 252 Å². The summed E-state index contributed by atoms with van der Waals surface area (Å²) in [6, 6.07) is 27.2. The number of hydrogen-bond donors (Lipinski definition) is 3. The topological polar surface area (TPSA) is 145 Å². The largest absolute Gasteiger partial charge is 0.383 e. The van der Waals surface area contributed by atoms with Crippen LogP contribution in [-0.4, -0.2) is 40.1 Å². The summed E-state index contributed by atoms with van der Waals surface area (Å²) in [5.74, 6) is -0.0500. The highest BCUT2D eigenvalue weighted by molar-refractivity contribution is 7.92. The second-order valence-corrected chi connectivity index (χ2v) is 11.8. The zero-order valence-electron chi connectivity index (χ0n) is 23.4. The maximum atomic E-state index is 13.5. The molecular weight excluding hydrogens is 581 g/mol. The Hall–Kier alpha value is -5.62. The van der Waals surface area contributed by atoms with E-state index in [0.29, 0.717) is 45.3 Å². The number of sulfonamides is 1. The molecule has 1 amide bonds. The van der Waals surface area contributed by atoms with Crippen LogP contribution in [0, 0.1) is 5.82 Å². The first kappa shape index (κ1) is 28.5. The molecule has 0 aliphatic carbocycles. The molecule has 0 aliphatic heterocycles. The first-order valence-electron chi connectivity index (χ1n) is 13.5. The number of hydrogen-bond acceptors (Lipinski definition) is 7. The lowest BCUT2D eigenvalue weighted by molar-refractivity contribution is 0.0950. The number of rotatable bonds is 8. The Morgan fingerprint density at radius 1 is 0.909 bits per heavy atom. The molecule has 0 unspecified atom stereocenters. The molecule has 0 spiro atoms. The monoisotopic (exact) mass is 607 g/mol. The summed E-state index contributed by atoms with van der Waals surface area (Å²) in [4.78, 5) is 26.5. The smallest absolute Gasteiger partial charge is 0.251 e. The fourth-order valence-electron chi connectivity index (χ4n) is 4.81. The van der Waals surface area contributed by atoms with Crippen LogP contribution in [0.1, 0.15) is 15.9 Å². The zero-order chi connectivity index (χ0) is 30.8. The summed E-state index contributed by atoms with van der Waals surface area (Å²) < 4.78 is 42.0. The normalized spacial score (nSPS) is 11.4. The number of carbonyl (C=O) groups excluding carboxylic acids is 1. The number of pyridine rings is 2. The van der Waals surface area contributed by atoms with Crippen molar-refractivity contribution in [2.24, 2.45) is 0 Å². The first-order valence-corrected chi connectivity index (χ1v) is 15.4. The minimum absolute atomic E-state index is 0.231. The fourth-order valence-corrected chi connectivity index (χ4v) is 5.39. The Morgan fingerprint density at radius 2 is 1.68 bits per heavy atom. The summed E-state index contributed by atoms with van der Waals surface area (Å²) in [7, 11) is -3.53. The number of nitrogens with two attached hydrogens (primary N) is 1. The van der Waals surface area contributed by atoms with Crippen molar-refractivity contribution in [3.63, 3.8) is 0 Å². The number of imidazole rings is 1. The van der Waals surface area contributed by atoms with Crippen molar-refractivity contribution in [3.05, 3.63) is 120 Å². The van der Waals surface area contributed by atoms with Crippen molar-refractivity contribution in [3.8, 4) is 28.3 Å². The number of amides is 1. The summed E-state index contributed by atoms with van der Waals surface area (Å²) in [5, 5.41) is 2.81. The summed E-state index contributed by atoms with van der Waals surface area (Å²) in [6.45, 7) is 0.231. The highest BCUT2D eigenvalue weighted by atomic mass is 32.2. The van der Waals surface area contributed by atoms with Crippen molar-refractivity contribution in [1.82, 2.24) is 24.8 Å². The molecule has 0 saturated heterocycles. The minimum Gasteiger partial charge on any atom is -0.383 e. The number of nitrogen functional groups attached to an aromatic ring is 1. The lowest BCUT2D eigenvalue weighted by atomic mass is 10.1. The van der Waals surface area contributed by atoms with Crippen LogP contribution >= 0.6 is 0 Å². The van der Waals surface area contributed by atoms with Gasteiger partial charge in [0.25, 0.3) is 5.91 Å². The van der Waals surface area contributed by atoms with Gasteiger partial charge in [-0.1, -0.05) is 36.4 Å². The second-order valence-electron chi connectivity index (χ2n) is 10.0. The van der Waals surface area contributed by atoms with Gasteiger partial charge in [0.05, 0.1) is 23.2 Å². The number of para-hydroxylation sites is 1. The highest BCUT2D eigenvalue weighted by Crippen LogP contribution is 2.33. The molecule has 6 rings (SSSR count). The van der Waals surface area contributed by atoms with Gasteiger partial charge in [-0.3, -0.25) is 14.1 Å². The molecule has 0 bridgehead atoms. The molecule has 0 saturated carbocycles. The molecule has 220 valence electrons. The number of fused-ring (bicyclic) bond motifs is 1. The predicted octanol–water partition coefficient (Wildman–Crippen LogP) is 5.17. The summed E-state index contributed by atoms with van der Waals surface area (Å²) >= 11 is 0. The average molecular weight is 608 g/mol. The van der Waals surface area contributed by atoms with Crippen molar-refractivity contribution >= 4 is 38.6 Å². The van der Waals surface area contributed by atoms with Gasteiger partial charge in [0.2, 0.25) is 10.0 Å². The van der Waals surface area contributed by atoms with Gasteiger partial charge in [-0.25, -0.2) is 27.8 Å². The van der Waals surface area contributed by atoms with Gasteiger partial charge in [-0.2, -0.15) is 0 Å². The van der Waals surface area contributed by atoms with Crippen molar-refractivity contribution < 1.29 is 17.6 Å². The van der Waals surface area contributed by atoms with E-state index in [2.05, 4.69) is 15.0 Å². The summed E-state index contributed by atoms with van der Waals surface area (Å²) in [6.07, 6.45) is 2.69. The number of nitrogens with one attached hydrogen (secondary N) is 2. The van der Waals surface area contributed by atoms with E-state index < -0.39 is 15.8 Å². The van der Waals surface area contributed by atoms with Crippen LogP contribution in [0.5, 0.6) is 0 Å². The maximum Gasteiger partial charge on any atom is 0.251 e. The quantitative estimate of drug-likeness (QED) is 0.216. The SMILES string of the molecule is CS(=O)(=O)Nc1ccccc1-c1ccc2nc(-c3cccnc3N)n(-c3ccc(CNC(=O)c4cccc(F)c4)cc3)c2n1. The van der Waals surface area contributed by atoms with Gasteiger partial charge in [0, 0.05) is 29.6 Å². The van der Waals surface area contributed by atoms with E-state index >= 15 is 0 Å². The van der Waals surface area contributed by atoms with Crippen molar-refractivity contribution in [2.45, 2.75) is 6.54 Å². The number of aromatic nitrogens is 4. The molecule has 10 nitrogen and oxygen atoms in total. The Kier molecular flexibility index (Phi) is 7.50. The van der Waals surface area contributed by atoms with Gasteiger partial charge in [-0.05, 0) is 66.2 Å². The lowest BCUT2D eigenvalue weighted by Crippen LogP contribution is -2.22. The maximum absolute atomic E-state index is 13.5. The first-order chi connectivity index (χ1) is 21.2. The second kappa shape index (κ2) is 11.6. The minimum atomic E-state index is -3.53. The van der Waals surface area contributed by atoms with Crippen molar-refractivity contribution in [1.29, 1.82) is 0 Å². The van der Waals surface area contributed by atoms with E-state index in [0.717, 1.165) is 17.5 Å². The summed E-state index contributed by atoms with van der Waals surface area (Å²) in [5.41, 5.74) is 11.3. The van der Waals surface area contributed by atoms with Gasteiger partial charge < -0.3 is 11.1 Å². The van der Waals surface area contributed by atoms with E-state index in [4.69, 9.17) is 15.7 Å². The Morgan fingerprint density at radius 3 is 2.43 bits per heavy atom. The van der Waals surface area contributed by atoms with E-state index in [1.807, 2.05) is 41.0 Å². The standard InChI is InChI=1S/C32H26FN7O3S/c1-44(42,43)39-27-10-3-2-8-24(27)26-15-16-28-31(37-26)40(30(38-28)25-9-5-17-35-29(25)34)23-13-11-20(12-14-23)19-36-32(41)21-6-4-7-22(33)18-21/h2-18,39H,19H2,1H3,(H2,34,35)(H,36,41). The molecule has 44 heavy (non-hydrogen) atoms. The van der Waals surface area contributed by atoms with Crippen LogP contribution in [0.2, 0.25) is 0 Å². The van der Waals surface area contributed by atoms with E-state index in [-0.39, 0.29) is 18.0 Å². The molecular formula is C32H26FN7O3S. The molecule has 3 aromatic heterocycles. The van der Waals surface area contributed by atoms with Gasteiger partial charge >= 0.3 is 0 Å². The third-order valence-corrected chi connectivity index (χ3v) is 7.41. The fraction of sp³-hybridized carbons (Fsp3) is 0.0625. The lowest BCUT2D eigenvalue weighted by Gasteiger charge is -2.13. The molecule has 4 N–H and O–H groups in total. The van der Waals surface area contributed by atoms with E-state index in [1.54, 1.807) is 48.7 Å². The molecule has 3 aromatic carbocycles. The number of halogens is 1. The van der Waals surface area contributed by atoms with Crippen LogP contribution in [0.25, 0.3) is 39.5 Å². The highest BCUT2D eigenvalue weighted by Gasteiger charge is 2.20. The zero-order valence-corrected chi connectivity index (χ0v) is 24.2. The number of carbonyl (C=O) groups is 1. The molecule has 0 radical (unpaired) electrons. The number of anilines is 2. The third-order valence-electron chi connectivity index (χ3n) is 6.82. The van der Waals surface area contributed by atoms with Crippen LogP contribution < -0.4 is 15.8 Å². The van der Waals surface area contributed by atoms with Gasteiger partial charge in [0.15, 0.2) is 11.5 Å². The van der Waals surface area contributed by atoms with Crippen LogP contribution in [0.15, 0.2) is 103 Å². The van der Waals surface area contributed by atoms with Gasteiger partial charge in [0.1, 0.15) is 17.2 Å². The van der Waals surface area contributed by atoms with Crippen LogP contribution in [0.3, 0.4) is 0 Å². The molecule has 12 heteroatoms. The molecule has 3 heterocycles. The predicted molar refractivity (Wildman–Crippen MR) is 168 cm³/mol. The number of nitrogens with zero attached hydrogens (tertiary/aromatic N) is 4. The van der Waals surface area contributed by atoms with E-state index in [9.17, 15) is 17.6 Å². The van der Waals surface area contributed by atoms with Gasteiger partial charge in [-0.15, -0.1) is 0 Å².